The summed E-state index contributed by atoms with van der Waals surface area (Å²) < 4.78 is 14.0. The number of rotatable bonds is 4. The average molecular weight is 140 g/mol. The largest absolute Gasteiger partial charge is 1.00 e. The SMILES string of the molecule is CCCCO[Si](=O)[O-].[Li+]. The van der Waals surface area contributed by atoms with Crippen molar-refractivity contribution in [1.82, 2.24) is 0 Å². The normalized spacial score (nSPS) is 7.67. The van der Waals surface area contributed by atoms with Crippen molar-refractivity contribution in [3.8, 4) is 0 Å². The summed E-state index contributed by atoms with van der Waals surface area (Å²) in [5, 5.41) is 0. The van der Waals surface area contributed by atoms with Gasteiger partial charge in [0.05, 0.1) is 0 Å². The van der Waals surface area contributed by atoms with Crippen LogP contribution in [0.3, 0.4) is 0 Å². The Kier molecular flexibility index (Phi) is 10.9. The van der Waals surface area contributed by atoms with Crippen molar-refractivity contribution in [3.63, 3.8) is 0 Å². The van der Waals surface area contributed by atoms with Gasteiger partial charge in [0.2, 0.25) is 0 Å². The average Bonchev–Trinajstić information content (AvgIpc) is 1.66. The van der Waals surface area contributed by atoms with Gasteiger partial charge in [-0.2, -0.15) is 0 Å². The fourth-order valence-electron chi connectivity index (χ4n) is 0.300. The van der Waals surface area contributed by atoms with E-state index < -0.39 is 9.17 Å². The van der Waals surface area contributed by atoms with E-state index in [1.807, 2.05) is 6.92 Å². The molecule has 0 heterocycles. The van der Waals surface area contributed by atoms with Gasteiger partial charge in [0.1, 0.15) is 0 Å². The van der Waals surface area contributed by atoms with Crippen LogP contribution in [-0.2, 0) is 8.89 Å². The number of unbranched alkanes of at least 4 members (excludes halogenated alkanes) is 1. The summed E-state index contributed by atoms with van der Waals surface area (Å²) in [6.07, 6.45) is 1.79. The first-order chi connectivity index (χ1) is 3.77. The van der Waals surface area contributed by atoms with Crippen LogP contribution in [-0.4, -0.2) is 15.8 Å². The molecule has 0 N–H and O–H groups in total. The molecular formula is C4H9LiO3Si. The molecule has 5 heteroatoms. The first-order valence-electron chi connectivity index (χ1n) is 2.61. The van der Waals surface area contributed by atoms with E-state index in [0.717, 1.165) is 12.8 Å². The van der Waals surface area contributed by atoms with Crippen molar-refractivity contribution < 1.29 is 32.5 Å². The molecule has 0 aliphatic heterocycles. The fraction of sp³-hybridized carbons (Fsp3) is 1.00. The predicted molar refractivity (Wildman–Crippen MR) is 27.3 cm³/mol. The first-order valence-corrected chi connectivity index (χ1v) is 3.83. The molecule has 0 fully saturated rings. The van der Waals surface area contributed by atoms with E-state index in [1.54, 1.807) is 0 Å². The Hall–Kier alpha value is 0.214. The van der Waals surface area contributed by atoms with Gasteiger partial charge in [0.25, 0.3) is 0 Å². The molecule has 0 rings (SSSR count). The third kappa shape index (κ3) is 11.7. The van der Waals surface area contributed by atoms with Crippen LogP contribution < -0.4 is 23.7 Å². The van der Waals surface area contributed by atoms with Crippen molar-refractivity contribution in [1.29, 1.82) is 0 Å². The zero-order valence-corrected chi connectivity index (χ0v) is 6.85. The van der Waals surface area contributed by atoms with Gasteiger partial charge in [0.15, 0.2) is 0 Å². The maximum Gasteiger partial charge on any atom is 1.00 e. The number of hydrogen-bond donors (Lipinski definition) is 0. The van der Waals surface area contributed by atoms with Gasteiger partial charge in [-0.15, -0.1) is 0 Å². The Bertz CT molecular complexity index is 78.2. The smallest absolute Gasteiger partial charge is 0.588 e. The zero-order valence-electron chi connectivity index (χ0n) is 5.85. The van der Waals surface area contributed by atoms with Crippen LogP contribution >= 0.6 is 0 Å². The van der Waals surface area contributed by atoms with E-state index in [0.29, 0.717) is 6.61 Å². The molecule has 0 spiro atoms. The zero-order chi connectivity index (χ0) is 6.41. The van der Waals surface area contributed by atoms with Gasteiger partial charge in [-0.1, -0.05) is 13.3 Å². The van der Waals surface area contributed by atoms with E-state index in [4.69, 9.17) is 0 Å². The summed E-state index contributed by atoms with van der Waals surface area (Å²) >= 11 is 0. The van der Waals surface area contributed by atoms with E-state index in [2.05, 4.69) is 4.43 Å². The Balaban J connectivity index is 0. The topological polar surface area (TPSA) is 49.4 Å². The maximum atomic E-state index is 9.73. The van der Waals surface area contributed by atoms with Crippen molar-refractivity contribution in [3.05, 3.63) is 0 Å². The second kappa shape index (κ2) is 8.21. The minimum Gasteiger partial charge on any atom is -0.588 e. The summed E-state index contributed by atoms with van der Waals surface area (Å²) in [6.45, 7) is 2.32. The van der Waals surface area contributed by atoms with Crippen molar-refractivity contribution in [2.24, 2.45) is 0 Å². The first kappa shape index (κ1) is 11.9. The molecule has 3 nitrogen and oxygen atoms in total. The van der Waals surface area contributed by atoms with Crippen LogP contribution in [0.25, 0.3) is 0 Å². The van der Waals surface area contributed by atoms with E-state index in [-0.39, 0.29) is 18.9 Å². The fourth-order valence-corrected chi connectivity index (χ4v) is 0.611. The maximum absolute atomic E-state index is 9.73. The van der Waals surface area contributed by atoms with Crippen LogP contribution in [0.1, 0.15) is 19.8 Å². The molecule has 0 atom stereocenters. The molecule has 0 aromatic heterocycles. The van der Waals surface area contributed by atoms with Crippen LogP contribution in [0, 0.1) is 0 Å². The Morgan fingerprint density at radius 2 is 2.22 bits per heavy atom. The molecule has 0 radical (unpaired) electrons. The van der Waals surface area contributed by atoms with Gasteiger partial charge in [-0.25, -0.2) is 0 Å². The molecule has 0 saturated heterocycles. The monoisotopic (exact) mass is 140 g/mol. The van der Waals surface area contributed by atoms with E-state index in [1.165, 1.54) is 0 Å². The third-order valence-corrected chi connectivity index (χ3v) is 1.16. The van der Waals surface area contributed by atoms with Crippen LogP contribution in [0.2, 0.25) is 0 Å². The van der Waals surface area contributed by atoms with Crippen LogP contribution in [0.5, 0.6) is 0 Å². The quantitative estimate of drug-likeness (QED) is 0.302. The molecule has 0 aromatic rings. The van der Waals surface area contributed by atoms with Gasteiger partial charge >= 0.3 is 28.0 Å². The van der Waals surface area contributed by atoms with Crippen LogP contribution in [0.15, 0.2) is 0 Å². The number of hydrogen-bond acceptors (Lipinski definition) is 3. The standard InChI is InChI=1S/C4H9O3Si.Li/c1-2-3-4-7-8(5)6;/h2-4H2,1H3;/q-1;+1. The predicted octanol–water partition coefficient (Wildman–Crippen LogP) is -3.42. The van der Waals surface area contributed by atoms with Crippen molar-refractivity contribution in [2.45, 2.75) is 19.8 Å². The molecule has 0 bridgehead atoms. The molecular weight excluding hydrogens is 131 g/mol. The Morgan fingerprint density at radius 3 is 2.56 bits per heavy atom. The van der Waals surface area contributed by atoms with Gasteiger partial charge in [-0.3, -0.25) is 0 Å². The molecule has 0 aliphatic carbocycles. The Labute approximate surface area is 68.5 Å². The van der Waals surface area contributed by atoms with Crippen molar-refractivity contribution in [2.75, 3.05) is 6.61 Å². The van der Waals surface area contributed by atoms with E-state index in [9.17, 15) is 9.26 Å². The molecule has 0 unspecified atom stereocenters. The molecule has 48 valence electrons. The summed E-state index contributed by atoms with van der Waals surface area (Å²) in [5.74, 6) is 0. The molecule has 0 amide bonds. The van der Waals surface area contributed by atoms with Gasteiger partial charge < -0.3 is 13.7 Å². The van der Waals surface area contributed by atoms with Crippen molar-refractivity contribution >= 4 is 9.17 Å². The molecule has 0 aliphatic rings. The summed E-state index contributed by atoms with van der Waals surface area (Å²) in [5.41, 5.74) is 0. The molecule has 0 saturated carbocycles. The minimum absolute atomic E-state index is 0. The molecule has 0 aromatic carbocycles. The summed E-state index contributed by atoms with van der Waals surface area (Å²) in [7, 11) is -2.91. The third-order valence-electron chi connectivity index (χ3n) is 0.718. The second-order valence-corrected chi connectivity index (χ2v) is 2.24. The Morgan fingerprint density at radius 1 is 1.67 bits per heavy atom. The van der Waals surface area contributed by atoms with Gasteiger partial charge in [0, 0.05) is 6.61 Å². The minimum atomic E-state index is -2.91. The summed E-state index contributed by atoms with van der Waals surface area (Å²) in [6, 6.07) is 0. The summed E-state index contributed by atoms with van der Waals surface area (Å²) in [4.78, 5) is 9.73. The van der Waals surface area contributed by atoms with E-state index >= 15 is 0 Å². The second-order valence-electron chi connectivity index (χ2n) is 1.45. The van der Waals surface area contributed by atoms with Gasteiger partial charge in [-0.05, 0) is 6.42 Å². The molecule has 9 heavy (non-hydrogen) atoms. The van der Waals surface area contributed by atoms with Crippen LogP contribution in [0.4, 0.5) is 0 Å².